The summed E-state index contributed by atoms with van der Waals surface area (Å²) >= 11 is 0. The number of nitrogens with one attached hydrogen (secondary N) is 3. The van der Waals surface area contributed by atoms with Crippen LogP contribution in [-0.2, 0) is 9.59 Å². The van der Waals surface area contributed by atoms with E-state index in [1.807, 2.05) is 50.2 Å². The molecule has 3 N–H and O–H groups in total. The van der Waals surface area contributed by atoms with Gasteiger partial charge in [-0.05, 0) is 49.2 Å². The first kappa shape index (κ1) is 18.4. The molecule has 2 aromatic rings. The van der Waals surface area contributed by atoms with E-state index < -0.39 is 0 Å². The number of aromatic nitrogens is 1. The second-order valence-corrected chi connectivity index (χ2v) is 5.82. The molecule has 25 heavy (non-hydrogen) atoms. The van der Waals surface area contributed by atoms with E-state index in [1.54, 1.807) is 6.20 Å². The second kappa shape index (κ2) is 8.82. The zero-order valence-electron chi connectivity index (χ0n) is 14.8. The fourth-order valence-electron chi connectivity index (χ4n) is 2.43. The Bertz CT molecular complexity index is 707. The topological polar surface area (TPSA) is 83.1 Å². The highest BCUT2D eigenvalue weighted by atomic mass is 16.2. The van der Waals surface area contributed by atoms with Crippen LogP contribution < -0.4 is 16.0 Å². The molecule has 0 saturated carbocycles. The van der Waals surface area contributed by atoms with Gasteiger partial charge in [0.1, 0.15) is 5.82 Å². The Balaban J connectivity index is 1.96. The molecule has 2 rings (SSSR count). The normalized spacial score (nSPS) is 10.4. The first-order valence-corrected chi connectivity index (χ1v) is 8.43. The zero-order chi connectivity index (χ0) is 18.2. The molecule has 0 unspecified atom stereocenters. The molecule has 6 nitrogen and oxygen atoms in total. The number of amides is 2. The van der Waals surface area contributed by atoms with E-state index in [0.29, 0.717) is 11.5 Å². The Hall–Kier alpha value is -2.89. The van der Waals surface area contributed by atoms with Crippen molar-refractivity contribution in [2.45, 2.75) is 33.6 Å². The highest BCUT2D eigenvalue weighted by Gasteiger charge is 2.14. The molecule has 0 bridgehead atoms. The minimum atomic E-state index is -0.103. The van der Waals surface area contributed by atoms with Crippen LogP contribution in [-0.4, -0.2) is 16.8 Å². The van der Waals surface area contributed by atoms with Crippen molar-refractivity contribution in [3.8, 4) is 0 Å². The summed E-state index contributed by atoms with van der Waals surface area (Å²) < 4.78 is 0. The summed E-state index contributed by atoms with van der Waals surface area (Å²) in [5, 5.41) is 8.78. The maximum Gasteiger partial charge on any atom is 0.227 e. The lowest BCUT2D eigenvalue weighted by molar-refractivity contribution is -0.120. The van der Waals surface area contributed by atoms with Crippen LogP contribution in [0.3, 0.4) is 0 Å². The van der Waals surface area contributed by atoms with Crippen LogP contribution in [0, 0.1) is 5.92 Å². The average Bonchev–Trinajstić information content (AvgIpc) is 2.59. The molecule has 132 valence electrons. The van der Waals surface area contributed by atoms with Gasteiger partial charge in [-0.15, -0.1) is 0 Å². The van der Waals surface area contributed by atoms with Crippen molar-refractivity contribution < 1.29 is 9.59 Å². The van der Waals surface area contributed by atoms with Crippen molar-refractivity contribution >= 4 is 34.7 Å². The molecule has 0 aliphatic rings. The van der Waals surface area contributed by atoms with E-state index >= 15 is 0 Å². The highest BCUT2D eigenvalue weighted by molar-refractivity contribution is 5.92. The van der Waals surface area contributed by atoms with E-state index in [0.717, 1.165) is 24.2 Å². The molecule has 0 atom stereocenters. The summed E-state index contributed by atoms with van der Waals surface area (Å²) in [7, 11) is 0. The Labute approximate surface area is 148 Å². The lowest BCUT2D eigenvalue weighted by Gasteiger charge is -2.13. The van der Waals surface area contributed by atoms with Gasteiger partial charge >= 0.3 is 0 Å². The number of nitrogens with zero attached hydrogens (tertiary/aromatic N) is 1. The summed E-state index contributed by atoms with van der Waals surface area (Å²) in [4.78, 5) is 27.4. The lowest BCUT2D eigenvalue weighted by Crippen LogP contribution is -2.21. The number of rotatable bonds is 7. The van der Waals surface area contributed by atoms with Gasteiger partial charge in [0, 0.05) is 24.2 Å². The quantitative estimate of drug-likeness (QED) is 0.707. The maximum atomic E-state index is 12.1. The first-order valence-electron chi connectivity index (χ1n) is 8.43. The predicted octanol–water partition coefficient (Wildman–Crippen LogP) is 4.16. The molecule has 1 aromatic carbocycles. The Morgan fingerprint density at radius 3 is 2.04 bits per heavy atom. The second-order valence-electron chi connectivity index (χ2n) is 5.82. The summed E-state index contributed by atoms with van der Waals surface area (Å²) in [5.41, 5.74) is 2.28. The van der Waals surface area contributed by atoms with Crippen molar-refractivity contribution in [3.63, 3.8) is 0 Å². The van der Waals surface area contributed by atoms with Gasteiger partial charge in [0.05, 0.1) is 11.9 Å². The number of hydrogen-bond acceptors (Lipinski definition) is 4. The summed E-state index contributed by atoms with van der Waals surface area (Å²) in [6.07, 6.45) is 3.28. The predicted molar refractivity (Wildman–Crippen MR) is 101 cm³/mol. The first-order chi connectivity index (χ1) is 12.0. The lowest BCUT2D eigenvalue weighted by atomic mass is 10.0. The minimum Gasteiger partial charge on any atom is -0.340 e. The van der Waals surface area contributed by atoms with Crippen LogP contribution in [0.1, 0.15) is 33.6 Å². The van der Waals surface area contributed by atoms with E-state index in [1.165, 1.54) is 6.92 Å². The van der Waals surface area contributed by atoms with Gasteiger partial charge in [-0.25, -0.2) is 4.98 Å². The number of pyridine rings is 1. The van der Waals surface area contributed by atoms with Gasteiger partial charge in [0.25, 0.3) is 0 Å². The Morgan fingerprint density at radius 2 is 1.52 bits per heavy atom. The van der Waals surface area contributed by atoms with Crippen LogP contribution in [0.2, 0.25) is 0 Å². The highest BCUT2D eigenvalue weighted by Crippen LogP contribution is 2.19. The van der Waals surface area contributed by atoms with Crippen LogP contribution in [0.4, 0.5) is 22.9 Å². The fourth-order valence-corrected chi connectivity index (χ4v) is 2.43. The van der Waals surface area contributed by atoms with E-state index in [-0.39, 0.29) is 17.7 Å². The van der Waals surface area contributed by atoms with Crippen molar-refractivity contribution in [2.75, 3.05) is 16.0 Å². The third kappa shape index (κ3) is 5.60. The summed E-state index contributed by atoms with van der Waals surface area (Å²) in [5.74, 6) is 0.627. The monoisotopic (exact) mass is 340 g/mol. The van der Waals surface area contributed by atoms with Crippen molar-refractivity contribution in [2.24, 2.45) is 5.92 Å². The SMILES string of the molecule is CCC(CC)C(=O)Nc1ccc(Nc2ccc(NC(C)=O)cc2)nc1. The third-order valence-corrected chi connectivity index (χ3v) is 3.87. The van der Waals surface area contributed by atoms with Crippen LogP contribution in [0.5, 0.6) is 0 Å². The average molecular weight is 340 g/mol. The molecule has 1 heterocycles. The van der Waals surface area contributed by atoms with Gasteiger partial charge in [-0.1, -0.05) is 13.8 Å². The van der Waals surface area contributed by atoms with Crippen molar-refractivity contribution in [1.29, 1.82) is 0 Å². The number of anilines is 4. The molecule has 1 aromatic heterocycles. The number of benzene rings is 1. The molecule has 0 fully saturated rings. The Kier molecular flexibility index (Phi) is 6.51. The molecule has 0 aliphatic carbocycles. The molecule has 0 radical (unpaired) electrons. The van der Waals surface area contributed by atoms with Gasteiger partial charge in [-0.3, -0.25) is 9.59 Å². The Morgan fingerprint density at radius 1 is 0.920 bits per heavy atom. The molecule has 2 amide bonds. The summed E-state index contributed by atoms with van der Waals surface area (Å²) in [6.45, 7) is 5.49. The number of carbonyl (C=O) groups is 2. The largest absolute Gasteiger partial charge is 0.340 e. The van der Waals surface area contributed by atoms with Gasteiger partial charge in [-0.2, -0.15) is 0 Å². The number of carbonyl (C=O) groups excluding carboxylic acids is 2. The zero-order valence-corrected chi connectivity index (χ0v) is 14.8. The molecule has 6 heteroatoms. The molecule has 0 saturated heterocycles. The van der Waals surface area contributed by atoms with Crippen LogP contribution in [0.25, 0.3) is 0 Å². The number of hydrogen-bond donors (Lipinski definition) is 3. The van der Waals surface area contributed by atoms with E-state index in [9.17, 15) is 9.59 Å². The van der Waals surface area contributed by atoms with E-state index in [4.69, 9.17) is 0 Å². The van der Waals surface area contributed by atoms with Gasteiger partial charge in [0.15, 0.2) is 0 Å². The van der Waals surface area contributed by atoms with Crippen LogP contribution in [0.15, 0.2) is 42.6 Å². The molecular weight excluding hydrogens is 316 g/mol. The molecule has 0 spiro atoms. The van der Waals surface area contributed by atoms with Gasteiger partial charge in [0.2, 0.25) is 11.8 Å². The van der Waals surface area contributed by atoms with Gasteiger partial charge < -0.3 is 16.0 Å². The minimum absolute atomic E-state index is 0.0277. The van der Waals surface area contributed by atoms with Crippen LogP contribution >= 0.6 is 0 Å². The molecule has 0 aliphatic heterocycles. The fraction of sp³-hybridized carbons (Fsp3) is 0.316. The smallest absolute Gasteiger partial charge is 0.227 e. The molecular formula is C19H24N4O2. The van der Waals surface area contributed by atoms with Crippen molar-refractivity contribution in [1.82, 2.24) is 4.98 Å². The maximum absolute atomic E-state index is 12.1. The van der Waals surface area contributed by atoms with E-state index in [2.05, 4.69) is 20.9 Å². The third-order valence-electron chi connectivity index (χ3n) is 3.87. The standard InChI is InChI=1S/C19H24N4O2/c1-4-14(5-2)19(25)23-17-10-11-18(20-12-17)22-16-8-6-15(7-9-16)21-13(3)24/h6-12,14H,4-5H2,1-3H3,(H,20,22)(H,21,24)(H,23,25). The van der Waals surface area contributed by atoms with Crippen molar-refractivity contribution in [3.05, 3.63) is 42.6 Å². The summed E-state index contributed by atoms with van der Waals surface area (Å²) in [6, 6.07) is 11.0.